The number of nitrogens with zero attached hydrogens (tertiary/aromatic N) is 1. The Morgan fingerprint density at radius 3 is 2.23 bits per heavy atom. The van der Waals surface area contributed by atoms with Gasteiger partial charge in [0.25, 0.3) is 10.0 Å². The Morgan fingerprint density at radius 1 is 0.943 bits per heavy atom. The van der Waals surface area contributed by atoms with Crippen LogP contribution >= 0.6 is 0 Å². The Labute approximate surface area is 207 Å². The maximum absolute atomic E-state index is 13.8. The minimum Gasteiger partial charge on any atom is -0.497 e. The first-order chi connectivity index (χ1) is 16.8. The first kappa shape index (κ1) is 26.1. The van der Waals surface area contributed by atoms with Crippen LogP contribution in [0.4, 0.5) is 11.4 Å². The maximum Gasteiger partial charge on any atom is 0.268 e. The molecule has 186 valence electrons. The van der Waals surface area contributed by atoms with Crippen molar-refractivity contribution < 1.29 is 22.7 Å². The summed E-state index contributed by atoms with van der Waals surface area (Å²) >= 11 is 0. The predicted molar refractivity (Wildman–Crippen MR) is 139 cm³/mol. The van der Waals surface area contributed by atoms with Gasteiger partial charge in [0.1, 0.15) is 22.9 Å². The number of hydrogen-bond acceptors (Lipinski definition) is 5. The van der Waals surface area contributed by atoms with Crippen molar-refractivity contribution in [2.45, 2.75) is 38.0 Å². The Hall–Kier alpha value is -3.52. The fourth-order valence-corrected chi connectivity index (χ4v) is 5.30. The number of rotatable bonds is 11. The van der Waals surface area contributed by atoms with Gasteiger partial charge in [-0.1, -0.05) is 31.5 Å². The number of anilines is 2. The zero-order chi connectivity index (χ0) is 25.4. The number of hydrogen-bond donors (Lipinski definition) is 1. The average Bonchev–Trinajstić information content (AvgIpc) is 2.87. The molecule has 8 heteroatoms. The van der Waals surface area contributed by atoms with Crippen LogP contribution in [0.5, 0.6) is 11.5 Å². The van der Waals surface area contributed by atoms with Crippen LogP contribution in [-0.2, 0) is 21.2 Å². The van der Waals surface area contributed by atoms with E-state index in [9.17, 15) is 13.2 Å². The van der Waals surface area contributed by atoms with Gasteiger partial charge < -0.3 is 14.8 Å². The van der Waals surface area contributed by atoms with E-state index in [1.165, 1.54) is 25.8 Å². The van der Waals surface area contributed by atoms with Crippen LogP contribution < -0.4 is 19.1 Å². The minimum atomic E-state index is -4.14. The molecule has 1 N–H and O–H groups in total. The molecule has 0 heterocycles. The molecule has 0 aliphatic rings. The third kappa shape index (κ3) is 6.54. The second kappa shape index (κ2) is 11.8. The van der Waals surface area contributed by atoms with Gasteiger partial charge in [0.15, 0.2) is 0 Å². The first-order valence-electron chi connectivity index (χ1n) is 11.5. The summed E-state index contributed by atoms with van der Waals surface area (Å²) in [5.74, 6) is 0.321. The highest BCUT2D eigenvalue weighted by Gasteiger charge is 2.30. The van der Waals surface area contributed by atoms with Crippen LogP contribution in [0, 0.1) is 6.92 Å². The van der Waals surface area contributed by atoms with Crippen LogP contribution in [0.15, 0.2) is 71.6 Å². The number of methoxy groups -OCH3 is 2. The van der Waals surface area contributed by atoms with Crippen LogP contribution in [-0.4, -0.2) is 35.1 Å². The van der Waals surface area contributed by atoms with Gasteiger partial charge in [-0.25, -0.2) is 8.42 Å². The summed E-state index contributed by atoms with van der Waals surface area (Å²) in [5.41, 5.74) is 2.89. The molecular formula is C27H32N2O5S. The molecule has 0 fully saturated rings. The smallest absolute Gasteiger partial charge is 0.268 e. The lowest BCUT2D eigenvalue weighted by atomic mass is 10.1. The number of benzene rings is 3. The summed E-state index contributed by atoms with van der Waals surface area (Å²) in [4.78, 5) is 13.0. The van der Waals surface area contributed by atoms with E-state index in [2.05, 4.69) is 12.2 Å². The van der Waals surface area contributed by atoms with Gasteiger partial charge >= 0.3 is 0 Å². The molecule has 0 aliphatic carbocycles. The molecule has 35 heavy (non-hydrogen) atoms. The third-order valence-electron chi connectivity index (χ3n) is 5.59. The van der Waals surface area contributed by atoms with E-state index in [-0.39, 0.29) is 10.6 Å². The van der Waals surface area contributed by atoms with E-state index >= 15 is 0 Å². The molecule has 0 aromatic heterocycles. The van der Waals surface area contributed by atoms with Crippen LogP contribution in [0.3, 0.4) is 0 Å². The van der Waals surface area contributed by atoms with E-state index in [4.69, 9.17) is 9.47 Å². The quantitative estimate of drug-likeness (QED) is 0.395. The predicted octanol–water partition coefficient (Wildman–Crippen LogP) is 5.19. The number of ether oxygens (including phenoxy) is 2. The number of aryl methyl sites for hydroxylation is 2. The molecule has 0 saturated heterocycles. The fourth-order valence-electron chi connectivity index (χ4n) is 3.63. The summed E-state index contributed by atoms with van der Waals surface area (Å²) in [6.45, 7) is 3.53. The Kier molecular flexibility index (Phi) is 8.76. The van der Waals surface area contributed by atoms with Crippen molar-refractivity contribution >= 4 is 27.3 Å². The lowest BCUT2D eigenvalue weighted by Crippen LogP contribution is -2.38. The molecule has 1 amide bonds. The number of unbranched alkanes of at least 4 members (excludes halogenated alkanes) is 1. The molecule has 0 spiro atoms. The summed E-state index contributed by atoms with van der Waals surface area (Å²) in [7, 11) is -1.19. The second-order valence-corrected chi connectivity index (χ2v) is 10.0. The molecule has 3 aromatic rings. The van der Waals surface area contributed by atoms with Crippen LogP contribution in [0.25, 0.3) is 0 Å². The van der Waals surface area contributed by atoms with Crippen LogP contribution in [0.1, 0.15) is 30.9 Å². The van der Waals surface area contributed by atoms with Crippen molar-refractivity contribution in [3.63, 3.8) is 0 Å². The Balaban J connectivity index is 1.92. The average molecular weight is 497 g/mol. The van der Waals surface area contributed by atoms with Gasteiger partial charge in [-0.05, 0) is 79.4 Å². The van der Waals surface area contributed by atoms with Crippen molar-refractivity contribution in [3.8, 4) is 11.5 Å². The van der Waals surface area contributed by atoms with Gasteiger partial charge in [-0.3, -0.25) is 9.10 Å². The van der Waals surface area contributed by atoms with Gasteiger partial charge in [0, 0.05) is 5.69 Å². The van der Waals surface area contributed by atoms with Crippen LogP contribution in [0.2, 0.25) is 0 Å². The minimum absolute atomic E-state index is 0.0103. The standard InChI is InChI=1S/C27H32N2O5S/c1-5-6-7-21-9-11-22(12-10-21)28-27(30)19-29(23-13-15-24(33-3)16-14-23)35(31,32)26-18-20(2)8-17-25(26)34-4/h8-18H,5-7,19H2,1-4H3,(H,28,30). The highest BCUT2D eigenvalue weighted by molar-refractivity contribution is 7.93. The number of sulfonamides is 1. The molecule has 7 nitrogen and oxygen atoms in total. The van der Waals surface area contributed by atoms with E-state index in [1.807, 2.05) is 24.3 Å². The lowest BCUT2D eigenvalue weighted by molar-refractivity contribution is -0.114. The molecule has 0 bridgehead atoms. The molecule has 0 radical (unpaired) electrons. The molecule has 0 atom stereocenters. The summed E-state index contributed by atoms with van der Waals surface area (Å²) < 4.78 is 39.2. The molecule has 0 unspecified atom stereocenters. The van der Waals surface area contributed by atoms with Crippen molar-refractivity contribution in [3.05, 3.63) is 77.9 Å². The molecule has 0 saturated carbocycles. The van der Waals surface area contributed by atoms with Crippen molar-refractivity contribution in [2.75, 3.05) is 30.4 Å². The van der Waals surface area contributed by atoms with E-state index in [0.717, 1.165) is 29.1 Å². The van der Waals surface area contributed by atoms with Gasteiger partial charge in [-0.2, -0.15) is 0 Å². The van der Waals surface area contributed by atoms with Gasteiger partial charge in [0.2, 0.25) is 5.91 Å². The molecule has 3 rings (SSSR count). The van der Waals surface area contributed by atoms with Gasteiger partial charge in [0.05, 0.1) is 19.9 Å². The zero-order valence-electron chi connectivity index (χ0n) is 20.6. The Bertz CT molecular complexity index is 1240. The topological polar surface area (TPSA) is 84.9 Å². The zero-order valence-corrected chi connectivity index (χ0v) is 21.4. The number of carbonyl (C=O) groups is 1. The van der Waals surface area contributed by atoms with Crippen molar-refractivity contribution in [1.29, 1.82) is 0 Å². The normalized spacial score (nSPS) is 11.1. The summed E-state index contributed by atoms with van der Waals surface area (Å²) in [5, 5.41) is 2.81. The molecule has 0 aliphatic heterocycles. The highest BCUT2D eigenvalue weighted by Crippen LogP contribution is 2.31. The number of carbonyl (C=O) groups excluding carboxylic acids is 1. The van der Waals surface area contributed by atoms with E-state index < -0.39 is 22.5 Å². The lowest BCUT2D eigenvalue weighted by Gasteiger charge is -2.25. The SMILES string of the molecule is CCCCc1ccc(NC(=O)CN(c2ccc(OC)cc2)S(=O)(=O)c2cc(C)ccc2OC)cc1. The largest absolute Gasteiger partial charge is 0.497 e. The molecule has 3 aromatic carbocycles. The third-order valence-corrected chi connectivity index (χ3v) is 7.39. The maximum atomic E-state index is 13.8. The van der Waals surface area contributed by atoms with Gasteiger partial charge in [-0.15, -0.1) is 0 Å². The summed E-state index contributed by atoms with van der Waals surface area (Å²) in [6.07, 6.45) is 3.19. The monoisotopic (exact) mass is 496 g/mol. The highest BCUT2D eigenvalue weighted by atomic mass is 32.2. The number of nitrogens with one attached hydrogen (secondary N) is 1. The Morgan fingerprint density at radius 2 is 1.63 bits per heavy atom. The van der Waals surface area contributed by atoms with E-state index in [1.54, 1.807) is 43.3 Å². The number of amides is 1. The van der Waals surface area contributed by atoms with E-state index in [0.29, 0.717) is 17.1 Å². The van der Waals surface area contributed by atoms with Crippen molar-refractivity contribution in [2.24, 2.45) is 0 Å². The summed E-state index contributed by atoms with van der Waals surface area (Å²) in [6, 6.07) is 19.0. The van der Waals surface area contributed by atoms with Crippen molar-refractivity contribution in [1.82, 2.24) is 0 Å². The first-order valence-corrected chi connectivity index (χ1v) is 12.9. The molecular weight excluding hydrogens is 464 g/mol. The second-order valence-electron chi connectivity index (χ2n) is 8.21. The fraction of sp³-hybridized carbons (Fsp3) is 0.296.